The molecule has 8 fully saturated rings. The van der Waals surface area contributed by atoms with Crippen LogP contribution < -0.4 is 10.6 Å². The number of amides is 2. The molecule has 8 saturated carbocycles. The van der Waals surface area contributed by atoms with E-state index in [0.717, 1.165) is 57.8 Å². The summed E-state index contributed by atoms with van der Waals surface area (Å²) in [6.07, 6.45) is 11.4. The molecule has 2 amide bonds. The lowest BCUT2D eigenvalue weighted by atomic mass is 9.51. The maximum atomic E-state index is 13.5. The highest BCUT2D eigenvalue weighted by molar-refractivity contribution is 5.79. The molecule has 1 aromatic carbocycles. The van der Waals surface area contributed by atoms with Crippen molar-refractivity contribution >= 4 is 18.5 Å². The average molecular weight is 566 g/mol. The number of alkyl carbamates (subject to hydrolysis) is 1. The summed E-state index contributed by atoms with van der Waals surface area (Å²) in [5.41, 5.74) is 1.04. The van der Waals surface area contributed by atoms with Crippen molar-refractivity contribution in [3.8, 4) is 0 Å². The predicted molar refractivity (Wildman–Crippen MR) is 150 cm³/mol. The predicted octanol–water partition coefficient (Wildman–Crippen LogP) is 3.72. The Balaban J connectivity index is 0.000000884. The molecular weight excluding hydrogens is 522 g/mol. The lowest BCUT2D eigenvalue weighted by molar-refractivity contribution is -0.157. The number of nitrogens with zero attached hydrogens (tertiary/aromatic N) is 1. The first-order valence-corrected chi connectivity index (χ1v) is 15.5. The second-order valence-corrected chi connectivity index (χ2v) is 14.9. The number of hydrogen-bond acceptors (Lipinski definition) is 6. The molecule has 1 aromatic rings. The van der Waals surface area contributed by atoms with Crippen LogP contribution in [0.25, 0.3) is 0 Å². The molecule has 8 bridgehead atoms. The molecule has 4 atom stereocenters. The number of hydrogen-bond donors (Lipinski definition) is 4. The van der Waals surface area contributed by atoms with E-state index in [9.17, 15) is 14.7 Å². The minimum atomic E-state index is -0.602. The van der Waals surface area contributed by atoms with Gasteiger partial charge in [-0.3, -0.25) is 9.59 Å². The first-order valence-electron chi connectivity index (χ1n) is 15.5. The molecule has 9 nitrogen and oxygen atoms in total. The third-order valence-corrected chi connectivity index (χ3v) is 11.5. The lowest BCUT2D eigenvalue weighted by Crippen LogP contribution is -2.68. The van der Waals surface area contributed by atoms with Crippen LogP contribution in [0.15, 0.2) is 24.3 Å². The normalized spacial score (nSPS) is 42.3. The Morgan fingerprint density at radius 1 is 0.878 bits per heavy atom. The van der Waals surface area contributed by atoms with E-state index in [4.69, 9.17) is 14.6 Å². The van der Waals surface area contributed by atoms with Crippen LogP contribution in [0.1, 0.15) is 88.2 Å². The summed E-state index contributed by atoms with van der Waals surface area (Å²) in [6.45, 7) is 1.49. The molecule has 0 saturated heterocycles. The van der Waals surface area contributed by atoms with E-state index in [-0.39, 0.29) is 29.6 Å². The van der Waals surface area contributed by atoms with Crippen LogP contribution in [0, 0.1) is 23.7 Å². The zero-order chi connectivity index (χ0) is 28.5. The highest BCUT2D eigenvalue weighted by Gasteiger charge is 2.61. The van der Waals surface area contributed by atoms with Gasteiger partial charge in [-0.15, -0.1) is 0 Å². The first kappa shape index (κ1) is 27.2. The molecule has 41 heavy (non-hydrogen) atoms. The van der Waals surface area contributed by atoms with Crippen molar-refractivity contribution in [3.63, 3.8) is 0 Å². The molecule has 0 aromatic heterocycles. The highest BCUT2D eigenvalue weighted by atomic mass is 16.6. The lowest BCUT2D eigenvalue weighted by Gasteiger charge is -2.62. The van der Waals surface area contributed by atoms with Crippen molar-refractivity contribution in [1.82, 2.24) is 15.5 Å². The minimum Gasteiger partial charge on any atom is -0.483 e. The Hall–Kier alpha value is -2.65. The maximum Gasteiger partial charge on any atom is 0.408 e. The van der Waals surface area contributed by atoms with Gasteiger partial charge in [-0.2, -0.15) is 0 Å². The minimum absolute atomic E-state index is 0.123. The average Bonchev–Trinajstić information content (AvgIpc) is 3.29. The van der Waals surface area contributed by atoms with Crippen LogP contribution in [0.2, 0.25) is 0 Å². The molecule has 10 rings (SSSR count). The quantitative estimate of drug-likeness (QED) is 0.401. The fraction of sp³-hybridized carbons (Fsp3) is 0.719. The number of carbonyl (C=O) groups excluding carboxylic acids is 2. The van der Waals surface area contributed by atoms with E-state index >= 15 is 0 Å². The number of carbonyl (C=O) groups is 3. The Labute approximate surface area is 241 Å². The van der Waals surface area contributed by atoms with Crippen LogP contribution in [-0.2, 0) is 27.4 Å². The van der Waals surface area contributed by atoms with E-state index in [1.54, 1.807) is 0 Å². The monoisotopic (exact) mass is 565 g/mol. The van der Waals surface area contributed by atoms with Crippen molar-refractivity contribution < 1.29 is 29.3 Å². The van der Waals surface area contributed by atoms with Gasteiger partial charge in [0.25, 0.3) is 6.47 Å². The van der Waals surface area contributed by atoms with Gasteiger partial charge < -0.3 is 30.5 Å². The van der Waals surface area contributed by atoms with Gasteiger partial charge in [0.2, 0.25) is 5.91 Å². The zero-order valence-electron chi connectivity index (χ0n) is 23.8. The summed E-state index contributed by atoms with van der Waals surface area (Å²) in [4.78, 5) is 37.0. The smallest absolute Gasteiger partial charge is 0.408 e. The van der Waals surface area contributed by atoms with E-state index in [2.05, 4.69) is 22.8 Å². The van der Waals surface area contributed by atoms with Crippen molar-refractivity contribution in [2.75, 3.05) is 6.54 Å². The second-order valence-electron chi connectivity index (χ2n) is 14.9. The fourth-order valence-electron chi connectivity index (χ4n) is 11.2. The van der Waals surface area contributed by atoms with Crippen molar-refractivity contribution in [3.05, 3.63) is 35.4 Å². The number of fused-ring (bicyclic) bond motifs is 1. The SMILES string of the molecule is O=C(NC12CC3CC(CC(O)(C3)C1)C2)OC12CC3CC(CC(NCC(=O)N4Cc5ccccc5C4)(C3)C1)C2.O=CO. The summed E-state index contributed by atoms with van der Waals surface area (Å²) < 4.78 is 6.43. The Bertz CT molecular complexity index is 1180. The van der Waals surface area contributed by atoms with E-state index in [1.165, 1.54) is 24.0 Å². The second kappa shape index (κ2) is 9.69. The zero-order valence-corrected chi connectivity index (χ0v) is 23.8. The first-order chi connectivity index (χ1) is 19.6. The molecule has 4 N–H and O–H groups in total. The number of ether oxygens (including phenoxy) is 1. The van der Waals surface area contributed by atoms with E-state index in [1.807, 2.05) is 17.0 Å². The van der Waals surface area contributed by atoms with Gasteiger partial charge in [0.1, 0.15) is 5.60 Å². The largest absolute Gasteiger partial charge is 0.483 e. The fourth-order valence-corrected chi connectivity index (χ4v) is 11.2. The van der Waals surface area contributed by atoms with Crippen LogP contribution in [0.3, 0.4) is 0 Å². The summed E-state index contributed by atoms with van der Waals surface area (Å²) in [7, 11) is 0. The number of benzene rings is 1. The number of nitrogens with one attached hydrogen (secondary N) is 2. The highest BCUT2D eigenvalue weighted by Crippen LogP contribution is 2.60. The molecule has 4 unspecified atom stereocenters. The van der Waals surface area contributed by atoms with Gasteiger partial charge in [-0.25, -0.2) is 4.79 Å². The van der Waals surface area contributed by atoms with Gasteiger partial charge >= 0.3 is 6.09 Å². The molecule has 1 aliphatic heterocycles. The third kappa shape index (κ3) is 5.03. The van der Waals surface area contributed by atoms with E-state index < -0.39 is 11.2 Å². The van der Waals surface area contributed by atoms with Crippen molar-refractivity contribution in [2.24, 2.45) is 23.7 Å². The van der Waals surface area contributed by atoms with Crippen LogP contribution in [0.5, 0.6) is 0 Å². The summed E-state index contributed by atoms with van der Waals surface area (Å²) >= 11 is 0. The number of carboxylic acid groups (broad SMARTS) is 1. The van der Waals surface area contributed by atoms with Crippen LogP contribution in [-0.4, -0.2) is 62.4 Å². The molecular formula is C32H43N3O6. The molecule has 9 heteroatoms. The number of rotatable bonds is 5. The summed E-state index contributed by atoms with van der Waals surface area (Å²) in [6, 6.07) is 8.32. The molecule has 222 valence electrons. The third-order valence-electron chi connectivity index (χ3n) is 11.5. The molecule has 0 radical (unpaired) electrons. The standard InChI is InChI=1S/C31H41N3O4.CH2O2/c35-26(34-16-24-3-1-2-4-25(24)17-34)15-32-28-7-22-6-23(8-28)14-31(13-22,19-28)38-27(36)33-29-9-20-5-21(10-29)12-30(37,11-20)18-29;2-1-3/h1-4,20-23,32,37H,5-19H2,(H,33,36);1H,(H,2,3). The van der Waals surface area contributed by atoms with Gasteiger partial charge in [0.15, 0.2) is 0 Å². The van der Waals surface area contributed by atoms with E-state index in [0.29, 0.717) is 49.7 Å². The van der Waals surface area contributed by atoms with Crippen molar-refractivity contribution in [2.45, 2.75) is 112 Å². The van der Waals surface area contributed by atoms with Gasteiger partial charge in [-0.1, -0.05) is 24.3 Å². The van der Waals surface area contributed by atoms with Crippen LogP contribution in [0.4, 0.5) is 4.79 Å². The number of aliphatic hydroxyl groups is 1. The van der Waals surface area contributed by atoms with Gasteiger partial charge in [-0.05, 0) is 105 Å². The molecule has 1 heterocycles. The summed E-state index contributed by atoms with van der Waals surface area (Å²) in [5.74, 6) is 2.29. The van der Waals surface area contributed by atoms with Gasteiger partial charge in [0.05, 0.1) is 12.1 Å². The Morgan fingerprint density at radius 2 is 1.41 bits per heavy atom. The summed E-state index contributed by atoms with van der Waals surface area (Å²) in [5, 5.41) is 25.1. The van der Waals surface area contributed by atoms with Gasteiger partial charge in [0, 0.05) is 30.6 Å². The molecule has 0 spiro atoms. The maximum absolute atomic E-state index is 13.5. The van der Waals surface area contributed by atoms with Crippen LogP contribution >= 0.6 is 0 Å². The molecule has 8 aliphatic carbocycles. The Morgan fingerprint density at radius 3 is 1.98 bits per heavy atom. The topological polar surface area (TPSA) is 128 Å². The Kier molecular flexibility index (Phi) is 6.43. The molecule has 9 aliphatic rings. The van der Waals surface area contributed by atoms with Crippen molar-refractivity contribution in [1.29, 1.82) is 0 Å².